The molecule has 0 spiro atoms. The topological polar surface area (TPSA) is 78.9 Å². The molecule has 0 aromatic rings. The Morgan fingerprint density at radius 1 is 0.290 bits per heavy atom. The highest BCUT2D eigenvalue weighted by atomic mass is 16.6. The van der Waals surface area contributed by atoms with E-state index in [1.807, 2.05) is 0 Å². The van der Waals surface area contributed by atoms with Crippen molar-refractivity contribution in [1.82, 2.24) is 0 Å². The molecule has 0 aliphatic heterocycles. The van der Waals surface area contributed by atoms with Gasteiger partial charge in [0.1, 0.15) is 13.2 Å². The van der Waals surface area contributed by atoms with Crippen LogP contribution in [0.5, 0.6) is 0 Å². The summed E-state index contributed by atoms with van der Waals surface area (Å²) in [6.45, 7) is 6.57. The third kappa shape index (κ3) is 55.6. The summed E-state index contributed by atoms with van der Waals surface area (Å²) in [6.07, 6.45) is 73.1. The van der Waals surface area contributed by atoms with Gasteiger partial charge in [-0.25, -0.2) is 0 Å². The summed E-state index contributed by atoms with van der Waals surface area (Å²) >= 11 is 0. The lowest BCUT2D eigenvalue weighted by Crippen LogP contribution is -2.30. The van der Waals surface area contributed by atoms with Gasteiger partial charge in [-0.3, -0.25) is 14.4 Å². The molecule has 0 aliphatic carbocycles. The molecular weight excluding hydrogens is 853 g/mol. The van der Waals surface area contributed by atoms with Gasteiger partial charge in [-0.1, -0.05) is 248 Å². The molecule has 0 amide bonds. The van der Waals surface area contributed by atoms with Gasteiger partial charge in [-0.15, -0.1) is 0 Å². The minimum atomic E-state index is -0.796. The molecule has 0 fully saturated rings. The molecule has 0 rings (SSSR count). The summed E-state index contributed by atoms with van der Waals surface area (Å²) in [5.41, 5.74) is 0. The fourth-order valence-electron chi connectivity index (χ4n) is 8.22. The smallest absolute Gasteiger partial charge is 0.306 e. The van der Waals surface area contributed by atoms with Gasteiger partial charge in [0, 0.05) is 19.3 Å². The minimum Gasteiger partial charge on any atom is -0.462 e. The van der Waals surface area contributed by atoms with Crippen LogP contribution in [0.15, 0.2) is 72.9 Å². The van der Waals surface area contributed by atoms with E-state index < -0.39 is 6.10 Å². The van der Waals surface area contributed by atoms with Gasteiger partial charge in [0.25, 0.3) is 0 Å². The highest BCUT2D eigenvalue weighted by Gasteiger charge is 2.19. The average molecular weight is 964 g/mol. The lowest BCUT2D eigenvalue weighted by molar-refractivity contribution is -0.167. The van der Waals surface area contributed by atoms with Crippen molar-refractivity contribution < 1.29 is 28.6 Å². The van der Waals surface area contributed by atoms with Crippen LogP contribution in [0.4, 0.5) is 0 Å². The van der Waals surface area contributed by atoms with Gasteiger partial charge < -0.3 is 14.2 Å². The fourth-order valence-corrected chi connectivity index (χ4v) is 8.22. The van der Waals surface area contributed by atoms with E-state index in [9.17, 15) is 14.4 Å². The Balaban J connectivity index is 4.45. The SMILES string of the molecule is CCCCC/C=C/C/C=C/C/C=C/CCCCCCC(=O)OC[C@@H](COC(=O)CCCCCCCCCCCCCCCCCCC)OC(=O)CCCCCC/C=C/C/C=C/C/C=C/CCCCC. The van der Waals surface area contributed by atoms with E-state index in [-0.39, 0.29) is 31.1 Å². The van der Waals surface area contributed by atoms with Crippen molar-refractivity contribution in [2.75, 3.05) is 13.2 Å². The molecule has 0 heterocycles. The van der Waals surface area contributed by atoms with Crippen LogP contribution < -0.4 is 0 Å². The molecular formula is C63H110O6. The molecule has 0 unspecified atom stereocenters. The van der Waals surface area contributed by atoms with Crippen LogP contribution in [-0.2, 0) is 28.6 Å². The molecule has 0 radical (unpaired) electrons. The number of hydrogen-bond donors (Lipinski definition) is 0. The maximum atomic E-state index is 12.9. The zero-order valence-electron chi connectivity index (χ0n) is 45.6. The maximum absolute atomic E-state index is 12.9. The van der Waals surface area contributed by atoms with E-state index in [0.717, 1.165) is 109 Å². The minimum absolute atomic E-state index is 0.0897. The van der Waals surface area contributed by atoms with Gasteiger partial charge in [0.05, 0.1) is 0 Å². The maximum Gasteiger partial charge on any atom is 0.306 e. The highest BCUT2D eigenvalue weighted by Crippen LogP contribution is 2.16. The Morgan fingerprint density at radius 3 is 0.841 bits per heavy atom. The second-order valence-electron chi connectivity index (χ2n) is 19.6. The molecule has 0 aromatic heterocycles. The second kappa shape index (κ2) is 57.4. The number of hydrogen-bond acceptors (Lipinski definition) is 6. The van der Waals surface area contributed by atoms with Gasteiger partial charge >= 0.3 is 17.9 Å². The van der Waals surface area contributed by atoms with Crippen LogP contribution in [-0.4, -0.2) is 37.2 Å². The summed E-state index contributed by atoms with van der Waals surface area (Å²) in [6, 6.07) is 0. The van der Waals surface area contributed by atoms with Crippen LogP contribution in [0.3, 0.4) is 0 Å². The predicted octanol–water partition coefficient (Wildman–Crippen LogP) is 19.8. The van der Waals surface area contributed by atoms with Gasteiger partial charge in [0.2, 0.25) is 0 Å². The molecule has 0 N–H and O–H groups in total. The van der Waals surface area contributed by atoms with Crippen molar-refractivity contribution in [2.24, 2.45) is 0 Å². The Morgan fingerprint density at radius 2 is 0.522 bits per heavy atom. The van der Waals surface area contributed by atoms with Gasteiger partial charge in [-0.05, 0) is 96.3 Å². The molecule has 0 saturated heterocycles. The van der Waals surface area contributed by atoms with Gasteiger partial charge in [-0.2, -0.15) is 0 Å². The third-order valence-electron chi connectivity index (χ3n) is 12.7. The first-order valence-corrected chi connectivity index (χ1v) is 29.4. The van der Waals surface area contributed by atoms with Crippen LogP contribution in [0.2, 0.25) is 0 Å². The predicted molar refractivity (Wildman–Crippen MR) is 298 cm³/mol. The first-order chi connectivity index (χ1) is 34.0. The Labute approximate surface area is 427 Å². The standard InChI is InChI=1S/C63H110O6/c1-4-7-10-13-16-19-22-25-28-31-34-37-40-43-46-49-52-55-61(64)67-58-60(69-63(66)57-54-51-48-45-42-39-36-33-30-27-24-21-18-15-12-9-6-3)59-68-62(65)56-53-50-47-44-41-38-35-32-29-26-23-20-17-14-11-8-5-2/h16,18-19,21,25,27-28,30,34,36-37,39,60H,4-15,17,20,22-24,26,29,31-33,35,38,40-59H2,1-3H3/b19-16+,21-18+,28-25+,30-27+,37-34+,39-36+/t60-/m0/s1. The van der Waals surface area contributed by atoms with E-state index in [1.54, 1.807) is 0 Å². The molecule has 1 atom stereocenters. The van der Waals surface area contributed by atoms with Crippen molar-refractivity contribution in [3.05, 3.63) is 72.9 Å². The molecule has 6 nitrogen and oxygen atoms in total. The molecule has 69 heavy (non-hydrogen) atoms. The van der Waals surface area contributed by atoms with E-state index in [4.69, 9.17) is 14.2 Å². The lowest BCUT2D eigenvalue weighted by atomic mass is 10.0. The zero-order chi connectivity index (χ0) is 50.0. The number of carbonyl (C=O) groups is 3. The first kappa shape index (κ1) is 65.8. The van der Waals surface area contributed by atoms with Crippen LogP contribution in [0.1, 0.15) is 290 Å². The monoisotopic (exact) mass is 963 g/mol. The molecule has 398 valence electrons. The summed E-state index contributed by atoms with van der Waals surface area (Å²) in [5, 5.41) is 0. The number of ether oxygens (including phenoxy) is 3. The van der Waals surface area contributed by atoms with Gasteiger partial charge in [0.15, 0.2) is 6.10 Å². The highest BCUT2D eigenvalue weighted by molar-refractivity contribution is 5.71. The summed E-state index contributed by atoms with van der Waals surface area (Å²) in [7, 11) is 0. The van der Waals surface area contributed by atoms with Crippen molar-refractivity contribution in [2.45, 2.75) is 297 Å². The van der Waals surface area contributed by atoms with Crippen LogP contribution >= 0.6 is 0 Å². The van der Waals surface area contributed by atoms with Crippen LogP contribution in [0.25, 0.3) is 0 Å². The quantitative estimate of drug-likeness (QED) is 0.0262. The first-order valence-electron chi connectivity index (χ1n) is 29.4. The third-order valence-corrected chi connectivity index (χ3v) is 12.7. The summed E-state index contributed by atoms with van der Waals surface area (Å²) in [5.74, 6) is -0.923. The van der Waals surface area contributed by atoms with Crippen LogP contribution in [0, 0.1) is 0 Å². The molecule has 6 heteroatoms. The van der Waals surface area contributed by atoms with Crippen molar-refractivity contribution in [3.63, 3.8) is 0 Å². The molecule has 0 aliphatic rings. The van der Waals surface area contributed by atoms with Crippen molar-refractivity contribution >= 4 is 17.9 Å². The Bertz CT molecular complexity index is 1290. The number of esters is 3. The number of carbonyl (C=O) groups excluding carboxylic acids is 3. The van der Waals surface area contributed by atoms with Crippen molar-refractivity contribution in [1.29, 1.82) is 0 Å². The number of allylic oxidation sites excluding steroid dienone is 12. The number of rotatable bonds is 53. The molecule has 0 saturated carbocycles. The Hall–Kier alpha value is -3.15. The Kier molecular flexibility index (Phi) is 54.8. The molecule has 0 bridgehead atoms. The fraction of sp³-hybridized carbons (Fsp3) is 0.762. The molecule has 0 aromatic carbocycles. The second-order valence-corrected chi connectivity index (χ2v) is 19.6. The van der Waals surface area contributed by atoms with E-state index in [2.05, 4.69) is 93.7 Å². The summed E-state index contributed by atoms with van der Waals surface area (Å²) < 4.78 is 16.9. The number of unbranched alkanes of at least 4 members (excludes halogenated alkanes) is 30. The van der Waals surface area contributed by atoms with E-state index in [0.29, 0.717) is 19.3 Å². The van der Waals surface area contributed by atoms with E-state index >= 15 is 0 Å². The lowest BCUT2D eigenvalue weighted by Gasteiger charge is -2.18. The normalized spacial score (nSPS) is 12.6. The van der Waals surface area contributed by atoms with E-state index in [1.165, 1.54) is 141 Å². The summed E-state index contributed by atoms with van der Waals surface area (Å²) in [4.78, 5) is 38.2. The largest absolute Gasteiger partial charge is 0.462 e. The average Bonchev–Trinajstić information content (AvgIpc) is 3.35. The van der Waals surface area contributed by atoms with Crippen molar-refractivity contribution in [3.8, 4) is 0 Å². The zero-order valence-corrected chi connectivity index (χ0v) is 45.6.